The molecular formula is C46H75NO18. The second-order valence-electron chi connectivity index (χ2n) is 17.4. The van der Waals surface area contributed by atoms with Gasteiger partial charge in [0.1, 0.15) is 30.5 Å². The minimum absolute atomic E-state index is 0.0246. The molecule has 0 aromatic carbocycles. The van der Waals surface area contributed by atoms with Gasteiger partial charge in [0.25, 0.3) is 0 Å². The molecule has 0 aromatic heterocycles. The molecule has 0 bridgehead atoms. The van der Waals surface area contributed by atoms with Crippen LogP contribution >= 0.6 is 0 Å². The van der Waals surface area contributed by atoms with Gasteiger partial charge in [-0.2, -0.15) is 0 Å². The van der Waals surface area contributed by atoms with E-state index in [1.807, 2.05) is 13.0 Å². The van der Waals surface area contributed by atoms with Crippen molar-refractivity contribution in [3.63, 3.8) is 0 Å². The van der Waals surface area contributed by atoms with Crippen molar-refractivity contribution in [2.45, 2.75) is 174 Å². The Bertz CT molecular complexity index is 1620. The number of nitrogens with zero attached hydrogens (tertiary/aromatic N) is 1. The Kier molecular flexibility index (Phi) is 22.6. The first-order valence-electron chi connectivity index (χ1n) is 22.3. The van der Waals surface area contributed by atoms with Gasteiger partial charge in [-0.1, -0.05) is 38.5 Å². The van der Waals surface area contributed by atoms with Crippen molar-refractivity contribution < 1.29 is 86.3 Å². The summed E-state index contributed by atoms with van der Waals surface area (Å²) in [7, 11) is 7.31. The van der Waals surface area contributed by atoms with Crippen molar-refractivity contribution in [3.05, 3.63) is 23.8 Å². The van der Waals surface area contributed by atoms with Gasteiger partial charge in [0.15, 0.2) is 36.9 Å². The van der Waals surface area contributed by atoms with Crippen molar-refractivity contribution in [2.75, 3.05) is 42.1 Å². The summed E-state index contributed by atoms with van der Waals surface area (Å²) in [6.07, 6.45) is -7.73. The zero-order chi connectivity index (χ0) is 48.9. The van der Waals surface area contributed by atoms with Crippen LogP contribution < -0.4 is 0 Å². The van der Waals surface area contributed by atoms with Crippen molar-refractivity contribution in [3.8, 4) is 0 Å². The quantitative estimate of drug-likeness (QED) is 0.137. The number of methoxy groups -OCH3 is 4. The number of aliphatic hydroxyl groups excluding tert-OH is 2. The topological polar surface area (TPSA) is 231 Å². The number of likely N-dealkylation sites (N-methyl/N-ethyl adjacent to an activating group) is 1. The first kappa shape index (κ1) is 56.0. The Balaban J connectivity index is 2.13. The summed E-state index contributed by atoms with van der Waals surface area (Å²) in [5.74, 6) is -5.51. The Morgan fingerprint density at radius 2 is 1.43 bits per heavy atom. The third kappa shape index (κ3) is 15.3. The SMILES string of the molecule is CC[C@H]1OC(=O)C[C@@H](O)[C@H](C)[C@@H](OC2OC(C)C(OC(C)=O)C(N(C)C(C)=O)C2OC(C)=O)[C@@H](CC(OC)OC)C[C@@H](C)C(=O)/C=C/C(C)=C/[C@@H]1COC1OC(C)C(O)C(OC)C1OC. The fourth-order valence-corrected chi connectivity index (χ4v) is 8.86. The average Bonchev–Trinajstić information content (AvgIpc) is 3.24. The van der Waals surface area contributed by atoms with E-state index in [0.29, 0.717) is 12.0 Å². The molecule has 3 aliphatic heterocycles. The number of ether oxygens (including phenoxy) is 11. The van der Waals surface area contributed by atoms with Gasteiger partial charge in [-0.05, 0) is 45.6 Å². The zero-order valence-electron chi connectivity index (χ0n) is 40.5. The van der Waals surface area contributed by atoms with Gasteiger partial charge < -0.3 is 67.2 Å². The third-order valence-electron chi connectivity index (χ3n) is 12.6. The first-order chi connectivity index (χ1) is 30.6. The number of carbonyl (C=O) groups excluding carboxylic acids is 5. The van der Waals surface area contributed by atoms with Crippen LogP contribution in [0.4, 0.5) is 0 Å². The van der Waals surface area contributed by atoms with E-state index in [4.69, 9.17) is 52.1 Å². The lowest BCUT2D eigenvalue weighted by atomic mass is 9.79. The van der Waals surface area contributed by atoms with E-state index in [-0.39, 0.29) is 25.2 Å². The number of amides is 1. The highest BCUT2D eigenvalue weighted by Crippen LogP contribution is 2.37. The van der Waals surface area contributed by atoms with Crippen LogP contribution in [0.3, 0.4) is 0 Å². The lowest BCUT2D eigenvalue weighted by Gasteiger charge is -2.49. The molecule has 0 radical (unpaired) electrons. The molecule has 3 rings (SSSR count). The van der Waals surface area contributed by atoms with E-state index in [1.165, 1.54) is 67.2 Å². The number of allylic oxidation sites excluding steroid dienone is 3. The van der Waals surface area contributed by atoms with Crippen molar-refractivity contribution in [2.24, 2.45) is 23.7 Å². The molecule has 372 valence electrons. The van der Waals surface area contributed by atoms with Gasteiger partial charge in [-0.25, -0.2) is 0 Å². The molecule has 17 atom stereocenters. The highest BCUT2D eigenvalue weighted by molar-refractivity contribution is 5.91. The Morgan fingerprint density at radius 3 is 1.98 bits per heavy atom. The molecule has 3 heterocycles. The molecule has 2 N–H and O–H groups in total. The number of rotatable bonds is 15. The van der Waals surface area contributed by atoms with Gasteiger partial charge in [-0.15, -0.1) is 0 Å². The molecular weight excluding hydrogens is 854 g/mol. The lowest BCUT2D eigenvalue weighted by molar-refractivity contribution is -0.309. The summed E-state index contributed by atoms with van der Waals surface area (Å²) in [4.78, 5) is 67.1. The molecule has 19 nitrogen and oxygen atoms in total. The van der Waals surface area contributed by atoms with E-state index in [0.717, 1.165) is 0 Å². The largest absolute Gasteiger partial charge is 0.462 e. The van der Waals surface area contributed by atoms with E-state index < -0.39 is 140 Å². The maximum Gasteiger partial charge on any atom is 0.308 e. The summed E-state index contributed by atoms with van der Waals surface area (Å²) in [6.45, 7) is 14.1. The lowest BCUT2D eigenvalue weighted by Crippen LogP contribution is -2.66. The standard InChI is InChI=1S/C46H75NO18/c1-15-35-32(22-59-45-44(58-14)43(57-13)39(54)26(5)60-45)18-23(2)16-17-33(51)24(3)19-31(20-37(55-11)56-12)40(25(4)34(52)21-36(53)64-35)65-46-42(63-30(9)50)38(47(10)28(7)48)41(27(6)61-46)62-29(8)49/h16-18,24-27,31-32,34-35,37-46,52,54H,15,19-22H2,1-14H3/b17-16+,23-18+/t24-,25+,26?,27?,31-,32-,34-,35-,38?,39?,40-,41?,42?,43?,44?,45?,46?/m1/s1. The Labute approximate surface area is 383 Å². The summed E-state index contributed by atoms with van der Waals surface area (Å²) < 4.78 is 65.4. The fraction of sp³-hybridized carbons (Fsp3) is 0.804. The van der Waals surface area contributed by atoms with Crippen LogP contribution in [0, 0.1) is 23.7 Å². The van der Waals surface area contributed by atoms with E-state index in [1.54, 1.807) is 40.7 Å². The number of carbonyl (C=O) groups is 5. The van der Waals surface area contributed by atoms with Crippen molar-refractivity contribution in [1.82, 2.24) is 4.90 Å². The van der Waals surface area contributed by atoms with Crippen LogP contribution in [0.1, 0.15) is 88.0 Å². The van der Waals surface area contributed by atoms with Gasteiger partial charge in [-0.3, -0.25) is 24.0 Å². The maximum absolute atomic E-state index is 14.0. The zero-order valence-corrected chi connectivity index (χ0v) is 40.5. The summed E-state index contributed by atoms with van der Waals surface area (Å²) >= 11 is 0. The highest BCUT2D eigenvalue weighted by Gasteiger charge is 2.53. The second kappa shape index (κ2) is 26.2. The maximum atomic E-state index is 14.0. The normalized spacial score (nSPS) is 38.0. The third-order valence-corrected chi connectivity index (χ3v) is 12.6. The first-order valence-corrected chi connectivity index (χ1v) is 22.3. The number of hydrogen-bond acceptors (Lipinski definition) is 18. The number of ketones is 1. The van der Waals surface area contributed by atoms with Gasteiger partial charge >= 0.3 is 17.9 Å². The van der Waals surface area contributed by atoms with Crippen LogP contribution in [-0.4, -0.2) is 173 Å². The predicted molar refractivity (Wildman–Crippen MR) is 231 cm³/mol. The van der Waals surface area contributed by atoms with Crippen molar-refractivity contribution in [1.29, 1.82) is 0 Å². The Morgan fingerprint density at radius 1 is 0.831 bits per heavy atom. The fourth-order valence-electron chi connectivity index (χ4n) is 8.86. The number of esters is 3. The monoisotopic (exact) mass is 929 g/mol. The molecule has 2 saturated heterocycles. The second-order valence-corrected chi connectivity index (χ2v) is 17.4. The molecule has 0 aliphatic carbocycles. The summed E-state index contributed by atoms with van der Waals surface area (Å²) in [6, 6.07) is -1.08. The minimum Gasteiger partial charge on any atom is -0.462 e. The van der Waals surface area contributed by atoms with Crippen LogP contribution in [-0.2, 0) is 76.1 Å². The van der Waals surface area contributed by atoms with Crippen LogP contribution in [0.15, 0.2) is 23.8 Å². The number of aliphatic hydroxyl groups is 2. The molecule has 3 aliphatic rings. The van der Waals surface area contributed by atoms with Gasteiger partial charge in [0.05, 0.1) is 37.4 Å². The number of cyclic esters (lactones) is 1. The van der Waals surface area contributed by atoms with E-state index >= 15 is 0 Å². The van der Waals surface area contributed by atoms with Gasteiger partial charge in [0.2, 0.25) is 5.91 Å². The average molecular weight is 930 g/mol. The molecule has 0 spiro atoms. The minimum atomic E-state index is -1.42. The molecule has 2 fully saturated rings. The molecule has 1 amide bonds. The Hall–Kier alpha value is -3.37. The molecule has 0 saturated carbocycles. The van der Waals surface area contributed by atoms with Crippen LogP contribution in [0.5, 0.6) is 0 Å². The van der Waals surface area contributed by atoms with Crippen molar-refractivity contribution >= 4 is 29.6 Å². The molecule has 0 aromatic rings. The predicted octanol–water partition coefficient (Wildman–Crippen LogP) is 3.04. The number of hydrogen-bond donors (Lipinski definition) is 2. The van der Waals surface area contributed by atoms with E-state index in [2.05, 4.69) is 0 Å². The molecule has 19 heteroatoms. The smallest absolute Gasteiger partial charge is 0.308 e. The summed E-state index contributed by atoms with van der Waals surface area (Å²) in [5, 5.41) is 22.7. The molecule has 65 heavy (non-hydrogen) atoms. The van der Waals surface area contributed by atoms with E-state index in [9.17, 15) is 34.2 Å². The van der Waals surface area contributed by atoms with Crippen LogP contribution in [0.2, 0.25) is 0 Å². The highest BCUT2D eigenvalue weighted by atomic mass is 16.7. The van der Waals surface area contributed by atoms with Gasteiger partial charge in [0, 0.05) is 80.4 Å². The van der Waals surface area contributed by atoms with Crippen LogP contribution in [0.25, 0.3) is 0 Å². The summed E-state index contributed by atoms with van der Waals surface area (Å²) in [5.41, 5.74) is 0.676. The molecule has 10 unspecified atom stereocenters.